The SMILES string of the molecule is FC(F)Oc1cccc(-c2cnc3nc(-c4ccc(Cl)cc4)c(-c4ccc(Cl)cc4)n3c2)c1. The Morgan fingerprint density at radius 3 is 2.12 bits per heavy atom. The Kier molecular flexibility index (Phi) is 5.70. The summed E-state index contributed by atoms with van der Waals surface area (Å²) in [6, 6.07) is 21.3. The van der Waals surface area contributed by atoms with Gasteiger partial charge in [0.05, 0.1) is 11.4 Å². The van der Waals surface area contributed by atoms with E-state index in [9.17, 15) is 8.78 Å². The maximum absolute atomic E-state index is 12.7. The molecule has 2 heterocycles. The predicted octanol–water partition coefficient (Wildman–Crippen LogP) is 7.64. The van der Waals surface area contributed by atoms with Gasteiger partial charge in [0, 0.05) is 39.1 Å². The van der Waals surface area contributed by atoms with Crippen LogP contribution in [0.15, 0.2) is 85.2 Å². The summed E-state index contributed by atoms with van der Waals surface area (Å²) < 4.78 is 31.7. The maximum atomic E-state index is 12.7. The van der Waals surface area contributed by atoms with E-state index in [0.29, 0.717) is 21.4 Å². The third kappa shape index (κ3) is 4.40. The summed E-state index contributed by atoms with van der Waals surface area (Å²) in [5, 5.41) is 1.25. The zero-order valence-electron chi connectivity index (χ0n) is 16.9. The summed E-state index contributed by atoms with van der Waals surface area (Å²) in [6.07, 6.45) is 3.53. The van der Waals surface area contributed by atoms with Gasteiger partial charge in [0.2, 0.25) is 5.78 Å². The van der Waals surface area contributed by atoms with Crippen molar-refractivity contribution in [3.05, 3.63) is 95.2 Å². The summed E-state index contributed by atoms with van der Waals surface area (Å²) in [4.78, 5) is 9.28. The molecule has 0 N–H and O–H groups in total. The Morgan fingerprint density at radius 1 is 0.788 bits per heavy atom. The van der Waals surface area contributed by atoms with E-state index in [1.165, 1.54) is 6.07 Å². The number of alkyl halides is 2. The first kappa shape index (κ1) is 21.4. The third-order valence-electron chi connectivity index (χ3n) is 5.11. The van der Waals surface area contributed by atoms with Gasteiger partial charge in [0.1, 0.15) is 5.75 Å². The van der Waals surface area contributed by atoms with Crippen molar-refractivity contribution in [3.63, 3.8) is 0 Å². The molecule has 0 radical (unpaired) electrons. The highest BCUT2D eigenvalue weighted by atomic mass is 35.5. The van der Waals surface area contributed by atoms with Crippen LogP contribution in [0.4, 0.5) is 8.78 Å². The van der Waals surface area contributed by atoms with Crippen LogP contribution in [0.3, 0.4) is 0 Å². The van der Waals surface area contributed by atoms with Gasteiger partial charge in [-0.05, 0) is 42.0 Å². The monoisotopic (exact) mass is 481 g/mol. The van der Waals surface area contributed by atoms with Crippen LogP contribution in [0.1, 0.15) is 0 Å². The van der Waals surface area contributed by atoms with Gasteiger partial charge in [-0.1, -0.05) is 59.6 Å². The second kappa shape index (κ2) is 8.81. The van der Waals surface area contributed by atoms with E-state index in [4.69, 9.17) is 28.2 Å². The quantitative estimate of drug-likeness (QED) is 0.259. The van der Waals surface area contributed by atoms with Crippen LogP contribution in [0.2, 0.25) is 10.0 Å². The molecule has 0 aliphatic heterocycles. The second-order valence-electron chi connectivity index (χ2n) is 7.24. The fourth-order valence-electron chi connectivity index (χ4n) is 3.63. The van der Waals surface area contributed by atoms with Crippen LogP contribution in [-0.2, 0) is 0 Å². The molecular weight excluding hydrogens is 467 g/mol. The van der Waals surface area contributed by atoms with E-state index in [0.717, 1.165) is 28.1 Å². The molecule has 2 aromatic heterocycles. The number of halogens is 4. The van der Waals surface area contributed by atoms with Crippen molar-refractivity contribution in [2.75, 3.05) is 0 Å². The number of rotatable bonds is 5. The number of aromatic nitrogens is 3. The van der Waals surface area contributed by atoms with Gasteiger partial charge >= 0.3 is 6.61 Å². The van der Waals surface area contributed by atoms with E-state index < -0.39 is 6.61 Å². The Balaban J connectivity index is 1.70. The van der Waals surface area contributed by atoms with Crippen molar-refractivity contribution < 1.29 is 13.5 Å². The van der Waals surface area contributed by atoms with Crippen LogP contribution in [0, 0.1) is 0 Å². The molecule has 0 aliphatic carbocycles. The van der Waals surface area contributed by atoms with Gasteiger partial charge in [0.25, 0.3) is 0 Å². The van der Waals surface area contributed by atoms with E-state index >= 15 is 0 Å². The Labute approximate surface area is 198 Å². The average molecular weight is 482 g/mol. The average Bonchev–Trinajstić information content (AvgIpc) is 3.18. The molecule has 33 heavy (non-hydrogen) atoms. The Morgan fingerprint density at radius 2 is 1.45 bits per heavy atom. The molecule has 5 rings (SSSR count). The molecule has 4 nitrogen and oxygen atoms in total. The van der Waals surface area contributed by atoms with Crippen LogP contribution in [0.5, 0.6) is 5.75 Å². The summed E-state index contributed by atoms with van der Waals surface area (Å²) in [5.41, 5.74) is 4.73. The van der Waals surface area contributed by atoms with E-state index in [1.807, 2.05) is 47.0 Å². The van der Waals surface area contributed by atoms with Crippen LogP contribution in [-0.4, -0.2) is 21.0 Å². The number of benzene rings is 3. The first-order valence-electron chi connectivity index (χ1n) is 9.93. The zero-order chi connectivity index (χ0) is 22.9. The molecule has 3 aromatic carbocycles. The largest absolute Gasteiger partial charge is 0.435 e. The van der Waals surface area contributed by atoms with Gasteiger partial charge in [-0.2, -0.15) is 8.78 Å². The highest BCUT2D eigenvalue weighted by Gasteiger charge is 2.18. The van der Waals surface area contributed by atoms with Gasteiger partial charge in [0.15, 0.2) is 0 Å². The van der Waals surface area contributed by atoms with Crippen molar-refractivity contribution >= 4 is 29.0 Å². The molecule has 0 saturated heterocycles. The molecule has 0 bridgehead atoms. The van der Waals surface area contributed by atoms with Crippen molar-refractivity contribution in [1.82, 2.24) is 14.4 Å². The molecule has 0 atom stereocenters. The van der Waals surface area contributed by atoms with Crippen molar-refractivity contribution in [2.24, 2.45) is 0 Å². The second-order valence-corrected chi connectivity index (χ2v) is 8.11. The van der Waals surface area contributed by atoms with Crippen LogP contribution < -0.4 is 4.74 Å². The number of imidazole rings is 1. The van der Waals surface area contributed by atoms with Crippen molar-refractivity contribution in [3.8, 4) is 39.4 Å². The zero-order valence-corrected chi connectivity index (χ0v) is 18.4. The third-order valence-corrected chi connectivity index (χ3v) is 5.61. The van der Waals surface area contributed by atoms with Crippen molar-refractivity contribution in [1.29, 1.82) is 0 Å². The number of fused-ring (bicyclic) bond motifs is 1. The molecule has 0 spiro atoms. The minimum absolute atomic E-state index is 0.0769. The number of hydrogen-bond acceptors (Lipinski definition) is 3. The smallest absolute Gasteiger partial charge is 0.387 e. The summed E-state index contributed by atoms with van der Waals surface area (Å²) in [5.74, 6) is 0.571. The minimum atomic E-state index is -2.90. The number of nitrogens with zero attached hydrogens (tertiary/aromatic N) is 3. The number of ether oxygens (including phenoxy) is 1. The Hall–Kier alpha value is -3.48. The van der Waals surface area contributed by atoms with Gasteiger partial charge in [-0.15, -0.1) is 0 Å². The summed E-state index contributed by atoms with van der Waals surface area (Å²) >= 11 is 12.2. The molecule has 0 saturated carbocycles. The van der Waals surface area contributed by atoms with E-state index in [-0.39, 0.29) is 5.75 Å². The number of hydrogen-bond donors (Lipinski definition) is 0. The fourth-order valence-corrected chi connectivity index (χ4v) is 3.88. The molecule has 0 fully saturated rings. The maximum Gasteiger partial charge on any atom is 0.387 e. The molecule has 164 valence electrons. The Bertz CT molecular complexity index is 1440. The highest BCUT2D eigenvalue weighted by Crippen LogP contribution is 2.35. The lowest BCUT2D eigenvalue weighted by atomic mass is 10.0. The topological polar surface area (TPSA) is 39.4 Å². The first-order chi connectivity index (χ1) is 16.0. The predicted molar refractivity (Wildman–Crippen MR) is 126 cm³/mol. The van der Waals surface area contributed by atoms with Gasteiger partial charge in [-0.3, -0.25) is 4.40 Å². The highest BCUT2D eigenvalue weighted by molar-refractivity contribution is 6.31. The standard InChI is InChI=1S/C25H15Cl2F2N3O/c26-19-8-4-15(5-9-19)22-23(16-6-10-20(27)11-7-16)32-14-18(13-30-25(32)31-22)17-2-1-3-21(12-17)33-24(28)29/h1-14,24H. The van der Waals surface area contributed by atoms with Gasteiger partial charge < -0.3 is 4.74 Å². The molecule has 0 aliphatic rings. The summed E-state index contributed by atoms with van der Waals surface area (Å²) in [7, 11) is 0. The normalized spacial score (nSPS) is 11.3. The lowest BCUT2D eigenvalue weighted by Gasteiger charge is -2.09. The fraction of sp³-hybridized carbons (Fsp3) is 0.0400. The van der Waals surface area contributed by atoms with Crippen LogP contribution >= 0.6 is 23.2 Å². The van der Waals surface area contributed by atoms with Crippen molar-refractivity contribution in [2.45, 2.75) is 6.61 Å². The lowest BCUT2D eigenvalue weighted by molar-refractivity contribution is -0.0498. The van der Waals surface area contributed by atoms with E-state index in [2.05, 4.69) is 9.72 Å². The lowest BCUT2D eigenvalue weighted by Crippen LogP contribution is -2.01. The van der Waals surface area contributed by atoms with Gasteiger partial charge in [-0.25, -0.2) is 9.97 Å². The first-order valence-corrected chi connectivity index (χ1v) is 10.7. The molecule has 0 amide bonds. The minimum Gasteiger partial charge on any atom is -0.435 e. The van der Waals surface area contributed by atoms with Crippen LogP contribution in [0.25, 0.3) is 39.4 Å². The molecule has 5 aromatic rings. The summed E-state index contributed by atoms with van der Waals surface area (Å²) in [6.45, 7) is -2.90. The van der Waals surface area contributed by atoms with E-state index in [1.54, 1.807) is 36.5 Å². The molecule has 8 heteroatoms. The molecular formula is C25H15Cl2F2N3O. The molecule has 0 unspecified atom stereocenters.